The number of carbonyl (C=O) groups excluding carboxylic acids is 2. The van der Waals surface area contributed by atoms with Crippen molar-refractivity contribution in [2.75, 3.05) is 25.2 Å². The third-order valence-electron chi connectivity index (χ3n) is 4.39. The van der Waals surface area contributed by atoms with Crippen LogP contribution in [0.4, 0.5) is 0 Å². The molecule has 8 nitrogen and oxygen atoms in total. The topological polar surface area (TPSA) is 98.0 Å². The van der Waals surface area contributed by atoms with Gasteiger partial charge in [-0.25, -0.2) is 18.2 Å². The van der Waals surface area contributed by atoms with E-state index in [1.54, 1.807) is 22.7 Å². The largest absolute Gasteiger partial charge is 0.452 e. The van der Waals surface area contributed by atoms with Gasteiger partial charge in [0.2, 0.25) is 0 Å². The minimum absolute atomic E-state index is 0.0596. The van der Waals surface area contributed by atoms with Crippen molar-refractivity contribution in [3.05, 3.63) is 41.3 Å². The molecule has 27 heavy (non-hydrogen) atoms. The molecule has 3 heterocycles. The van der Waals surface area contributed by atoms with E-state index >= 15 is 0 Å². The molecule has 0 aliphatic carbocycles. The van der Waals surface area contributed by atoms with Crippen molar-refractivity contribution in [2.24, 2.45) is 0 Å². The second kappa shape index (κ2) is 7.69. The second-order valence-electron chi connectivity index (χ2n) is 6.22. The van der Waals surface area contributed by atoms with Crippen molar-refractivity contribution < 1.29 is 22.7 Å². The van der Waals surface area contributed by atoms with Crippen molar-refractivity contribution in [1.29, 1.82) is 0 Å². The van der Waals surface area contributed by atoms with Crippen LogP contribution in [-0.2, 0) is 24.2 Å². The molecular formula is C17H18ClN3O5S. The summed E-state index contributed by atoms with van der Waals surface area (Å²) in [6, 6.07) is 5.02. The first kappa shape index (κ1) is 19.4. The minimum Gasteiger partial charge on any atom is -0.452 e. The molecule has 2 aromatic heterocycles. The molecule has 144 valence electrons. The Morgan fingerprint density at radius 3 is 2.93 bits per heavy atom. The Balaban J connectivity index is 1.57. The number of hydrogen-bond acceptors (Lipinski definition) is 6. The van der Waals surface area contributed by atoms with Gasteiger partial charge >= 0.3 is 5.97 Å². The van der Waals surface area contributed by atoms with Crippen LogP contribution in [0.5, 0.6) is 0 Å². The number of imidazole rings is 1. The van der Waals surface area contributed by atoms with Crippen LogP contribution in [-0.4, -0.2) is 65.8 Å². The molecule has 0 N–H and O–H groups in total. The van der Waals surface area contributed by atoms with Gasteiger partial charge in [-0.1, -0.05) is 17.7 Å². The van der Waals surface area contributed by atoms with Gasteiger partial charge in [-0.2, -0.15) is 0 Å². The van der Waals surface area contributed by atoms with Gasteiger partial charge in [-0.15, -0.1) is 0 Å². The smallest absolute Gasteiger partial charge is 0.331 e. The summed E-state index contributed by atoms with van der Waals surface area (Å²) in [6.07, 6.45) is 4.77. The van der Waals surface area contributed by atoms with Crippen LogP contribution in [0.15, 0.2) is 30.5 Å². The van der Waals surface area contributed by atoms with Crippen LogP contribution in [0.2, 0.25) is 5.15 Å². The quantitative estimate of drug-likeness (QED) is 0.541. The Kier molecular flexibility index (Phi) is 5.52. The highest BCUT2D eigenvalue weighted by Gasteiger charge is 2.32. The summed E-state index contributed by atoms with van der Waals surface area (Å²) in [6.45, 7) is -0.461. The maximum atomic E-state index is 12.1. The molecule has 10 heteroatoms. The fourth-order valence-corrected chi connectivity index (χ4v) is 4.86. The van der Waals surface area contributed by atoms with Gasteiger partial charge in [-0.05, 0) is 24.6 Å². The van der Waals surface area contributed by atoms with Gasteiger partial charge < -0.3 is 9.64 Å². The molecule has 1 aliphatic rings. The molecule has 1 fully saturated rings. The van der Waals surface area contributed by atoms with Crippen molar-refractivity contribution >= 4 is 45.0 Å². The molecule has 1 atom stereocenters. The van der Waals surface area contributed by atoms with Crippen LogP contribution >= 0.6 is 11.6 Å². The Morgan fingerprint density at radius 2 is 2.22 bits per heavy atom. The number of rotatable bonds is 5. The molecule has 0 radical (unpaired) electrons. The maximum absolute atomic E-state index is 12.1. The monoisotopic (exact) mass is 411 g/mol. The van der Waals surface area contributed by atoms with Crippen LogP contribution in [0, 0.1) is 0 Å². The van der Waals surface area contributed by atoms with Gasteiger partial charge in [0.25, 0.3) is 5.91 Å². The zero-order chi connectivity index (χ0) is 19.6. The summed E-state index contributed by atoms with van der Waals surface area (Å²) in [5.41, 5.74) is 1.16. The fourth-order valence-electron chi connectivity index (χ4n) is 2.85. The van der Waals surface area contributed by atoms with Crippen molar-refractivity contribution in [2.45, 2.75) is 12.5 Å². The number of halogens is 1. The molecule has 3 rings (SSSR count). The number of pyridine rings is 1. The summed E-state index contributed by atoms with van der Waals surface area (Å²) in [5, 5.41) is 0.239. The van der Waals surface area contributed by atoms with E-state index in [0.717, 1.165) is 6.08 Å². The number of nitrogens with zero attached hydrogens (tertiary/aromatic N) is 3. The number of likely N-dealkylation sites (N-methyl/N-ethyl adjacent to an activating group) is 1. The summed E-state index contributed by atoms with van der Waals surface area (Å²) >= 11 is 6.07. The molecule has 1 aliphatic heterocycles. The average molecular weight is 412 g/mol. The lowest BCUT2D eigenvalue weighted by Gasteiger charge is -2.22. The molecule has 2 aromatic rings. The molecule has 1 amide bonds. The highest BCUT2D eigenvalue weighted by atomic mass is 35.5. The van der Waals surface area contributed by atoms with Crippen LogP contribution in [0.25, 0.3) is 11.7 Å². The minimum atomic E-state index is -3.09. The lowest BCUT2D eigenvalue weighted by molar-refractivity contribution is -0.148. The number of aromatic nitrogens is 2. The summed E-state index contributed by atoms with van der Waals surface area (Å²) in [7, 11) is -1.59. The summed E-state index contributed by atoms with van der Waals surface area (Å²) in [4.78, 5) is 29.5. The van der Waals surface area contributed by atoms with E-state index < -0.39 is 28.3 Å². The number of hydrogen-bond donors (Lipinski definition) is 0. The van der Waals surface area contributed by atoms with E-state index in [0.29, 0.717) is 17.8 Å². The van der Waals surface area contributed by atoms with E-state index in [1.165, 1.54) is 18.0 Å². The number of carbonyl (C=O) groups is 2. The van der Waals surface area contributed by atoms with Gasteiger partial charge in [0.05, 0.1) is 17.2 Å². The summed E-state index contributed by atoms with van der Waals surface area (Å²) < 4.78 is 29.7. The fraction of sp³-hybridized carbons (Fsp3) is 0.353. The predicted molar refractivity (Wildman–Crippen MR) is 100 cm³/mol. The van der Waals surface area contributed by atoms with E-state index in [1.807, 2.05) is 6.07 Å². The molecule has 0 saturated carbocycles. The summed E-state index contributed by atoms with van der Waals surface area (Å²) in [5.74, 6) is -1.15. The average Bonchev–Trinajstić information content (AvgIpc) is 3.15. The Bertz CT molecular complexity index is 1010. The van der Waals surface area contributed by atoms with E-state index in [9.17, 15) is 18.0 Å². The van der Waals surface area contributed by atoms with Crippen molar-refractivity contribution in [3.63, 3.8) is 0 Å². The first-order valence-electron chi connectivity index (χ1n) is 8.20. The standard InChI is InChI=1S/C17H18ClN3O5S/c1-20(12-7-9-27(24,25)11-12)15(22)10-26-16(23)6-5-13-17(18)19-14-4-2-3-8-21(13)14/h2-6,8,12H,7,9-11H2,1H3/b6-5+/t12-/m0/s1. The number of ether oxygens (including phenoxy) is 1. The van der Waals surface area contributed by atoms with E-state index in [4.69, 9.17) is 16.3 Å². The third kappa shape index (κ3) is 4.48. The number of fused-ring (bicyclic) bond motifs is 1. The third-order valence-corrected chi connectivity index (χ3v) is 6.42. The van der Waals surface area contributed by atoms with Crippen molar-refractivity contribution in [1.82, 2.24) is 14.3 Å². The highest BCUT2D eigenvalue weighted by Crippen LogP contribution is 2.19. The molecular weight excluding hydrogens is 394 g/mol. The highest BCUT2D eigenvalue weighted by molar-refractivity contribution is 7.91. The molecule has 0 spiro atoms. The van der Waals surface area contributed by atoms with E-state index in [-0.39, 0.29) is 22.7 Å². The lowest BCUT2D eigenvalue weighted by Crippen LogP contribution is -2.40. The van der Waals surface area contributed by atoms with Crippen LogP contribution in [0.1, 0.15) is 12.1 Å². The lowest BCUT2D eigenvalue weighted by atomic mass is 10.2. The molecule has 0 unspecified atom stereocenters. The van der Waals surface area contributed by atoms with Gasteiger partial charge in [0.1, 0.15) is 5.65 Å². The first-order chi connectivity index (χ1) is 12.8. The van der Waals surface area contributed by atoms with Gasteiger partial charge in [-0.3, -0.25) is 9.20 Å². The Morgan fingerprint density at radius 1 is 1.44 bits per heavy atom. The number of amides is 1. The SMILES string of the molecule is CN(C(=O)COC(=O)/C=C/c1c(Cl)nc2ccccn12)[C@H]1CCS(=O)(=O)C1. The van der Waals surface area contributed by atoms with Crippen LogP contribution < -0.4 is 0 Å². The Hall–Kier alpha value is -2.39. The van der Waals surface area contributed by atoms with E-state index in [2.05, 4.69) is 4.98 Å². The zero-order valence-electron chi connectivity index (χ0n) is 14.5. The zero-order valence-corrected chi connectivity index (χ0v) is 16.1. The number of sulfone groups is 1. The molecule has 0 aromatic carbocycles. The predicted octanol–water partition coefficient (Wildman–Crippen LogP) is 1.19. The second-order valence-corrected chi connectivity index (χ2v) is 8.81. The Labute approximate surface area is 161 Å². The van der Waals surface area contributed by atoms with Gasteiger partial charge in [0, 0.05) is 25.4 Å². The molecule has 1 saturated heterocycles. The number of esters is 1. The first-order valence-corrected chi connectivity index (χ1v) is 10.4. The maximum Gasteiger partial charge on any atom is 0.331 e. The normalized spacial score (nSPS) is 18.8. The van der Waals surface area contributed by atoms with Crippen LogP contribution in [0.3, 0.4) is 0 Å². The molecule has 0 bridgehead atoms. The van der Waals surface area contributed by atoms with Crippen molar-refractivity contribution in [3.8, 4) is 0 Å². The van der Waals surface area contributed by atoms with Gasteiger partial charge in [0.15, 0.2) is 21.6 Å².